The molecular weight excluding hydrogens is 282 g/mol. The predicted molar refractivity (Wildman–Crippen MR) is 71.8 cm³/mol. The van der Waals surface area contributed by atoms with Crippen molar-refractivity contribution in [3.8, 4) is 11.5 Å². The summed E-state index contributed by atoms with van der Waals surface area (Å²) in [5.74, 6) is 2.41. The molecule has 1 aromatic carbocycles. The molecule has 0 amide bonds. The van der Waals surface area contributed by atoms with Crippen LogP contribution in [0.15, 0.2) is 10.5 Å². The molecule has 1 unspecified atom stereocenters. The summed E-state index contributed by atoms with van der Waals surface area (Å²) in [5, 5.41) is 0. The maximum Gasteiger partial charge on any atom is 0.231 e. The van der Waals surface area contributed by atoms with Crippen LogP contribution in [-0.4, -0.2) is 13.3 Å². The van der Waals surface area contributed by atoms with Crippen molar-refractivity contribution >= 4 is 15.9 Å². The lowest BCUT2D eigenvalue weighted by molar-refractivity contribution is 0.172. The molecule has 2 N–H and O–H groups in total. The van der Waals surface area contributed by atoms with Gasteiger partial charge in [-0.15, -0.1) is 0 Å². The molecule has 0 aliphatic carbocycles. The largest absolute Gasteiger partial charge is 0.453 e. The highest BCUT2D eigenvalue weighted by Crippen LogP contribution is 2.47. The topological polar surface area (TPSA) is 44.5 Å². The summed E-state index contributed by atoms with van der Waals surface area (Å²) in [4.78, 5) is 0. The van der Waals surface area contributed by atoms with E-state index < -0.39 is 0 Å². The van der Waals surface area contributed by atoms with Crippen molar-refractivity contribution in [2.75, 3.05) is 13.3 Å². The second kappa shape index (κ2) is 4.86. The average molecular weight is 300 g/mol. The lowest BCUT2D eigenvalue weighted by Crippen LogP contribution is -2.12. The lowest BCUT2D eigenvalue weighted by atomic mass is 9.88. The van der Waals surface area contributed by atoms with Crippen LogP contribution in [0.3, 0.4) is 0 Å². The van der Waals surface area contributed by atoms with Gasteiger partial charge >= 0.3 is 0 Å². The second-order valence-electron chi connectivity index (χ2n) is 4.72. The number of hydrogen-bond acceptors (Lipinski definition) is 3. The zero-order chi connectivity index (χ0) is 12.6. The van der Waals surface area contributed by atoms with Crippen LogP contribution in [0.1, 0.15) is 43.7 Å². The summed E-state index contributed by atoms with van der Waals surface area (Å²) in [7, 11) is 0. The van der Waals surface area contributed by atoms with Gasteiger partial charge in [0.2, 0.25) is 6.79 Å². The van der Waals surface area contributed by atoms with E-state index in [1.165, 1.54) is 11.1 Å². The Labute approximate surface area is 110 Å². The summed E-state index contributed by atoms with van der Waals surface area (Å²) < 4.78 is 12.1. The Bertz CT molecular complexity index is 432. The lowest BCUT2D eigenvalue weighted by Gasteiger charge is -2.20. The zero-order valence-electron chi connectivity index (χ0n) is 10.4. The van der Waals surface area contributed by atoms with Crippen LogP contribution in [0.2, 0.25) is 0 Å². The average Bonchev–Trinajstić information content (AvgIpc) is 2.76. The Morgan fingerprint density at radius 2 is 1.94 bits per heavy atom. The van der Waals surface area contributed by atoms with Crippen molar-refractivity contribution in [1.82, 2.24) is 0 Å². The molecule has 0 saturated carbocycles. The molecule has 4 heteroatoms. The predicted octanol–water partition coefficient (Wildman–Crippen LogP) is 3.36. The van der Waals surface area contributed by atoms with Gasteiger partial charge in [-0.25, -0.2) is 0 Å². The van der Waals surface area contributed by atoms with Crippen LogP contribution >= 0.6 is 15.9 Å². The number of benzene rings is 1. The van der Waals surface area contributed by atoms with Crippen molar-refractivity contribution in [3.05, 3.63) is 21.7 Å². The van der Waals surface area contributed by atoms with E-state index in [0.29, 0.717) is 25.2 Å². The number of ether oxygens (including phenoxy) is 2. The highest BCUT2D eigenvalue weighted by atomic mass is 79.9. The second-order valence-corrected chi connectivity index (χ2v) is 5.57. The van der Waals surface area contributed by atoms with E-state index in [9.17, 15) is 0 Å². The number of fused-ring (bicyclic) bond motifs is 1. The monoisotopic (exact) mass is 299 g/mol. The Balaban J connectivity index is 2.63. The fourth-order valence-corrected chi connectivity index (χ4v) is 2.74. The van der Waals surface area contributed by atoms with E-state index in [-0.39, 0.29) is 0 Å². The molecule has 2 rings (SSSR count). The maximum absolute atomic E-state index is 5.78. The van der Waals surface area contributed by atoms with Gasteiger partial charge in [0.1, 0.15) is 0 Å². The SMILES string of the molecule is CC(C)c1c(C(C)CN)cc(Br)c2c1OCO2. The Morgan fingerprint density at radius 3 is 2.53 bits per heavy atom. The van der Waals surface area contributed by atoms with Crippen molar-refractivity contribution in [3.63, 3.8) is 0 Å². The van der Waals surface area contributed by atoms with E-state index in [1.54, 1.807) is 0 Å². The maximum atomic E-state index is 5.78. The molecule has 0 spiro atoms. The van der Waals surface area contributed by atoms with Crippen molar-refractivity contribution in [2.45, 2.75) is 32.6 Å². The van der Waals surface area contributed by atoms with Gasteiger partial charge in [-0.1, -0.05) is 20.8 Å². The van der Waals surface area contributed by atoms with E-state index in [1.807, 2.05) is 0 Å². The highest BCUT2D eigenvalue weighted by Gasteiger charge is 2.27. The van der Waals surface area contributed by atoms with Gasteiger partial charge in [0, 0.05) is 5.56 Å². The molecule has 17 heavy (non-hydrogen) atoms. The Hall–Kier alpha value is -0.740. The van der Waals surface area contributed by atoms with Crippen LogP contribution in [0, 0.1) is 0 Å². The van der Waals surface area contributed by atoms with Crippen molar-refractivity contribution in [2.24, 2.45) is 5.73 Å². The van der Waals surface area contributed by atoms with Crippen LogP contribution < -0.4 is 15.2 Å². The molecule has 1 aliphatic heterocycles. The van der Waals surface area contributed by atoms with Crippen LogP contribution in [0.25, 0.3) is 0 Å². The van der Waals surface area contributed by atoms with E-state index in [4.69, 9.17) is 15.2 Å². The first-order chi connectivity index (χ1) is 8.06. The molecule has 0 saturated heterocycles. The molecule has 0 radical (unpaired) electrons. The van der Waals surface area contributed by atoms with Crippen LogP contribution in [0.5, 0.6) is 11.5 Å². The number of halogens is 1. The molecule has 0 bridgehead atoms. The van der Waals surface area contributed by atoms with Gasteiger partial charge in [-0.3, -0.25) is 0 Å². The van der Waals surface area contributed by atoms with Gasteiger partial charge < -0.3 is 15.2 Å². The van der Waals surface area contributed by atoms with Gasteiger partial charge in [-0.2, -0.15) is 0 Å². The standard InChI is InChI=1S/C13H18BrNO2/c1-7(2)11-9(8(3)5-15)4-10(14)12-13(11)17-6-16-12/h4,7-8H,5-6,15H2,1-3H3. The summed E-state index contributed by atoms with van der Waals surface area (Å²) >= 11 is 3.53. The molecule has 1 atom stereocenters. The molecule has 3 nitrogen and oxygen atoms in total. The summed E-state index contributed by atoms with van der Waals surface area (Å²) in [6.07, 6.45) is 0. The first-order valence-corrected chi connectivity index (χ1v) is 6.67. The molecule has 0 aromatic heterocycles. The summed E-state index contributed by atoms with van der Waals surface area (Å²) in [6.45, 7) is 7.39. The minimum absolute atomic E-state index is 0.300. The fourth-order valence-electron chi connectivity index (χ4n) is 2.20. The van der Waals surface area contributed by atoms with E-state index >= 15 is 0 Å². The first-order valence-electron chi connectivity index (χ1n) is 5.88. The first kappa shape index (κ1) is 12.7. The highest BCUT2D eigenvalue weighted by molar-refractivity contribution is 9.10. The number of nitrogens with two attached hydrogens (primary N) is 1. The third kappa shape index (κ3) is 2.16. The van der Waals surface area contributed by atoms with E-state index in [2.05, 4.69) is 42.8 Å². The summed E-state index contributed by atoms with van der Waals surface area (Å²) in [6, 6.07) is 2.11. The van der Waals surface area contributed by atoms with Gasteiger partial charge in [0.15, 0.2) is 11.5 Å². The normalized spacial score (nSPS) is 15.4. The Kier molecular flexibility index (Phi) is 3.64. The minimum atomic E-state index is 0.300. The van der Waals surface area contributed by atoms with Gasteiger partial charge in [-0.05, 0) is 45.9 Å². The smallest absolute Gasteiger partial charge is 0.231 e. The van der Waals surface area contributed by atoms with Crippen LogP contribution in [0.4, 0.5) is 0 Å². The molecule has 1 heterocycles. The minimum Gasteiger partial charge on any atom is -0.453 e. The molecule has 1 aromatic rings. The molecular formula is C13H18BrNO2. The number of rotatable bonds is 3. The van der Waals surface area contributed by atoms with Crippen molar-refractivity contribution in [1.29, 1.82) is 0 Å². The fraction of sp³-hybridized carbons (Fsp3) is 0.538. The molecule has 1 aliphatic rings. The molecule has 94 valence electrons. The summed E-state index contributed by atoms with van der Waals surface area (Å²) in [5.41, 5.74) is 8.25. The van der Waals surface area contributed by atoms with Gasteiger partial charge in [0.25, 0.3) is 0 Å². The Morgan fingerprint density at radius 1 is 1.29 bits per heavy atom. The van der Waals surface area contributed by atoms with E-state index in [0.717, 1.165) is 16.0 Å². The number of hydrogen-bond donors (Lipinski definition) is 1. The zero-order valence-corrected chi connectivity index (χ0v) is 12.0. The molecule has 0 fully saturated rings. The third-order valence-corrected chi connectivity index (χ3v) is 3.72. The van der Waals surface area contributed by atoms with Crippen LogP contribution in [-0.2, 0) is 0 Å². The third-order valence-electron chi connectivity index (χ3n) is 3.13. The van der Waals surface area contributed by atoms with Gasteiger partial charge in [0.05, 0.1) is 4.47 Å². The van der Waals surface area contributed by atoms with Crippen molar-refractivity contribution < 1.29 is 9.47 Å². The quantitative estimate of drug-likeness (QED) is 0.931.